The number of hydrogen-bond acceptors (Lipinski definition) is 3. The van der Waals surface area contributed by atoms with Crippen molar-refractivity contribution in [2.24, 2.45) is 5.73 Å². The predicted molar refractivity (Wildman–Crippen MR) is 52.7 cm³/mol. The van der Waals surface area contributed by atoms with E-state index in [1.807, 2.05) is 6.92 Å². The van der Waals surface area contributed by atoms with Gasteiger partial charge in [0.1, 0.15) is 0 Å². The van der Waals surface area contributed by atoms with Crippen LogP contribution < -0.4 is 5.73 Å². The lowest BCUT2D eigenvalue weighted by molar-refractivity contribution is -0.121. The lowest BCUT2D eigenvalue weighted by atomic mass is 9.85. The van der Waals surface area contributed by atoms with Gasteiger partial charge in [-0.05, 0) is 13.3 Å². The largest absolute Gasteiger partial charge is 0.381 e. The quantitative estimate of drug-likeness (QED) is 0.721. The van der Waals surface area contributed by atoms with E-state index in [4.69, 9.17) is 15.2 Å². The van der Waals surface area contributed by atoms with Gasteiger partial charge in [0.2, 0.25) is 0 Å². The lowest BCUT2D eigenvalue weighted by Crippen LogP contribution is -2.53. The Balaban J connectivity index is 2.60. The van der Waals surface area contributed by atoms with Crippen LogP contribution in [-0.4, -0.2) is 31.5 Å². The monoisotopic (exact) mass is 187 g/mol. The van der Waals surface area contributed by atoms with Crippen LogP contribution in [0.25, 0.3) is 0 Å². The first-order valence-corrected chi connectivity index (χ1v) is 5.22. The standard InChI is InChI=1S/C10H21NO2/c1-3-9(11)10(13-4-2)5-7-12-8-6-10/h9H,3-8,11H2,1-2H3/t9-/m0/s1. The molecular weight excluding hydrogens is 166 g/mol. The minimum atomic E-state index is -0.109. The van der Waals surface area contributed by atoms with Crippen LogP contribution in [0.4, 0.5) is 0 Å². The highest BCUT2D eigenvalue weighted by molar-refractivity contribution is 4.92. The molecule has 1 aliphatic rings. The van der Waals surface area contributed by atoms with E-state index < -0.39 is 0 Å². The van der Waals surface area contributed by atoms with Crippen molar-refractivity contribution in [1.82, 2.24) is 0 Å². The summed E-state index contributed by atoms with van der Waals surface area (Å²) in [6.07, 6.45) is 2.85. The van der Waals surface area contributed by atoms with Gasteiger partial charge < -0.3 is 15.2 Å². The van der Waals surface area contributed by atoms with E-state index in [0.29, 0.717) is 0 Å². The zero-order valence-electron chi connectivity index (χ0n) is 8.71. The van der Waals surface area contributed by atoms with Crippen molar-refractivity contribution in [3.63, 3.8) is 0 Å². The van der Waals surface area contributed by atoms with Gasteiger partial charge in [0, 0.05) is 38.7 Å². The predicted octanol–water partition coefficient (Wildman–Crippen LogP) is 1.31. The molecule has 1 atom stereocenters. The molecule has 0 saturated carbocycles. The average Bonchev–Trinajstić information content (AvgIpc) is 2.18. The lowest BCUT2D eigenvalue weighted by Gasteiger charge is -2.41. The van der Waals surface area contributed by atoms with E-state index >= 15 is 0 Å². The second kappa shape index (κ2) is 4.94. The Morgan fingerprint density at radius 3 is 2.46 bits per heavy atom. The molecule has 0 spiro atoms. The summed E-state index contributed by atoms with van der Waals surface area (Å²) in [5.41, 5.74) is 5.98. The van der Waals surface area contributed by atoms with Crippen molar-refractivity contribution in [3.05, 3.63) is 0 Å². The Morgan fingerprint density at radius 2 is 2.00 bits per heavy atom. The van der Waals surface area contributed by atoms with Crippen molar-refractivity contribution < 1.29 is 9.47 Å². The van der Waals surface area contributed by atoms with Crippen LogP contribution in [0.15, 0.2) is 0 Å². The third-order valence-electron chi connectivity index (χ3n) is 2.89. The molecule has 3 heteroatoms. The first-order valence-electron chi connectivity index (χ1n) is 5.22. The van der Waals surface area contributed by atoms with Gasteiger partial charge in [-0.3, -0.25) is 0 Å². The highest BCUT2D eigenvalue weighted by Crippen LogP contribution is 2.29. The van der Waals surface area contributed by atoms with Crippen molar-refractivity contribution in [2.75, 3.05) is 19.8 Å². The van der Waals surface area contributed by atoms with Gasteiger partial charge in [0.05, 0.1) is 5.60 Å². The average molecular weight is 187 g/mol. The maximum Gasteiger partial charge on any atom is 0.0876 e. The maximum atomic E-state index is 6.09. The summed E-state index contributed by atoms with van der Waals surface area (Å²) in [7, 11) is 0. The summed E-state index contributed by atoms with van der Waals surface area (Å²) in [4.78, 5) is 0. The molecule has 0 unspecified atom stereocenters. The van der Waals surface area contributed by atoms with Gasteiger partial charge in [0.15, 0.2) is 0 Å². The molecule has 78 valence electrons. The summed E-state index contributed by atoms with van der Waals surface area (Å²) < 4.78 is 11.1. The molecule has 0 aromatic rings. The van der Waals surface area contributed by atoms with E-state index in [1.54, 1.807) is 0 Å². The molecular formula is C10H21NO2. The van der Waals surface area contributed by atoms with Crippen LogP contribution in [-0.2, 0) is 9.47 Å². The highest BCUT2D eigenvalue weighted by atomic mass is 16.5. The first-order chi connectivity index (χ1) is 6.25. The molecule has 0 aliphatic carbocycles. The van der Waals surface area contributed by atoms with Crippen LogP contribution in [0.3, 0.4) is 0 Å². The summed E-state index contributed by atoms with van der Waals surface area (Å²) >= 11 is 0. The second-order valence-corrected chi connectivity index (χ2v) is 3.62. The van der Waals surface area contributed by atoms with E-state index in [2.05, 4.69) is 6.92 Å². The Bertz CT molecular complexity index is 138. The molecule has 0 amide bonds. The number of ether oxygens (including phenoxy) is 2. The van der Waals surface area contributed by atoms with Crippen LogP contribution >= 0.6 is 0 Å². The fourth-order valence-electron chi connectivity index (χ4n) is 2.00. The summed E-state index contributed by atoms with van der Waals surface area (Å²) in [6, 6.07) is 0.149. The third kappa shape index (κ3) is 2.42. The third-order valence-corrected chi connectivity index (χ3v) is 2.89. The molecule has 1 rings (SSSR count). The normalized spacial score (nSPS) is 24.2. The molecule has 0 bridgehead atoms. The van der Waals surface area contributed by atoms with Crippen molar-refractivity contribution >= 4 is 0 Å². The molecule has 1 heterocycles. The minimum Gasteiger partial charge on any atom is -0.381 e. The molecule has 0 aromatic carbocycles. The van der Waals surface area contributed by atoms with E-state index in [1.165, 1.54) is 0 Å². The zero-order chi connectivity index (χ0) is 9.73. The highest BCUT2D eigenvalue weighted by Gasteiger charge is 2.38. The van der Waals surface area contributed by atoms with Crippen LogP contribution in [0.2, 0.25) is 0 Å². The van der Waals surface area contributed by atoms with Gasteiger partial charge in [-0.1, -0.05) is 6.92 Å². The second-order valence-electron chi connectivity index (χ2n) is 3.62. The zero-order valence-corrected chi connectivity index (χ0v) is 8.71. The summed E-state index contributed by atoms with van der Waals surface area (Å²) in [5, 5.41) is 0. The molecule has 13 heavy (non-hydrogen) atoms. The van der Waals surface area contributed by atoms with E-state index in [0.717, 1.165) is 39.1 Å². The molecule has 0 radical (unpaired) electrons. The van der Waals surface area contributed by atoms with Crippen molar-refractivity contribution in [2.45, 2.75) is 44.8 Å². The van der Waals surface area contributed by atoms with Gasteiger partial charge >= 0.3 is 0 Å². The maximum absolute atomic E-state index is 6.09. The van der Waals surface area contributed by atoms with Gasteiger partial charge in [-0.15, -0.1) is 0 Å². The number of rotatable bonds is 4. The van der Waals surface area contributed by atoms with E-state index in [-0.39, 0.29) is 11.6 Å². The smallest absolute Gasteiger partial charge is 0.0876 e. The summed E-state index contributed by atoms with van der Waals surface area (Å²) in [5.74, 6) is 0. The molecule has 1 saturated heterocycles. The fourth-order valence-corrected chi connectivity index (χ4v) is 2.00. The molecule has 1 aliphatic heterocycles. The van der Waals surface area contributed by atoms with Crippen LogP contribution in [0.1, 0.15) is 33.1 Å². The molecule has 1 fully saturated rings. The van der Waals surface area contributed by atoms with Gasteiger partial charge in [0.25, 0.3) is 0 Å². The SMILES string of the molecule is CCOC1([C@@H](N)CC)CCOCC1. The van der Waals surface area contributed by atoms with E-state index in [9.17, 15) is 0 Å². The first kappa shape index (κ1) is 11.0. The number of nitrogens with two attached hydrogens (primary N) is 1. The molecule has 2 N–H and O–H groups in total. The summed E-state index contributed by atoms with van der Waals surface area (Å²) in [6.45, 7) is 6.45. The van der Waals surface area contributed by atoms with Crippen LogP contribution in [0.5, 0.6) is 0 Å². The molecule has 3 nitrogen and oxygen atoms in total. The molecule has 0 aromatic heterocycles. The topological polar surface area (TPSA) is 44.5 Å². The number of hydrogen-bond donors (Lipinski definition) is 1. The van der Waals surface area contributed by atoms with Crippen molar-refractivity contribution in [1.29, 1.82) is 0 Å². The Hall–Kier alpha value is -0.120. The Kier molecular flexibility index (Phi) is 4.16. The Labute approximate surface area is 80.6 Å². The minimum absolute atomic E-state index is 0.109. The Morgan fingerprint density at radius 1 is 1.38 bits per heavy atom. The van der Waals surface area contributed by atoms with Gasteiger partial charge in [-0.2, -0.15) is 0 Å². The van der Waals surface area contributed by atoms with Crippen LogP contribution in [0, 0.1) is 0 Å². The fraction of sp³-hybridized carbons (Fsp3) is 1.00. The van der Waals surface area contributed by atoms with Crippen molar-refractivity contribution in [3.8, 4) is 0 Å². The van der Waals surface area contributed by atoms with Gasteiger partial charge in [-0.25, -0.2) is 0 Å².